The molecule has 2 N–H and O–H groups in total. The molecule has 1 aliphatic heterocycles. The molecule has 1 atom stereocenters. The Kier molecular flexibility index (Phi) is 4.74. The van der Waals surface area contributed by atoms with Crippen LogP contribution in [0.4, 0.5) is 0 Å². The van der Waals surface area contributed by atoms with Gasteiger partial charge < -0.3 is 15.4 Å². The van der Waals surface area contributed by atoms with Crippen LogP contribution in [-0.2, 0) is 9.53 Å². The lowest BCUT2D eigenvalue weighted by atomic mass is 9.88. The maximum Gasteiger partial charge on any atom is 0.236 e. The lowest BCUT2D eigenvalue weighted by Crippen LogP contribution is -2.53. The molecule has 0 saturated carbocycles. The fourth-order valence-electron chi connectivity index (χ4n) is 1.85. The van der Waals surface area contributed by atoms with Gasteiger partial charge >= 0.3 is 0 Å². The Hall–Kier alpha value is -0.610. The monoisotopic (exact) mass is 228 g/mol. The first-order valence-electron chi connectivity index (χ1n) is 5.99. The minimum atomic E-state index is -0.0811. The summed E-state index contributed by atoms with van der Waals surface area (Å²) >= 11 is 0. The second kappa shape index (κ2) is 5.64. The van der Waals surface area contributed by atoms with Crippen LogP contribution in [-0.4, -0.2) is 38.8 Å². The van der Waals surface area contributed by atoms with Gasteiger partial charge in [-0.1, -0.05) is 20.8 Å². The largest absolute Gasteiger partial charge is 0.380 e. The molecule has 16 heavy (non-hydrogen) atoms. The summed E-state index contributed by atoms with van der Waals surface area (Å²) in [7, 11) is 1.69. The van der Waals surface area contributed by atoms with Gasteiger partial charge in [-0.25, -0.2) is 0 Å². The average molecular weight is 228 g/mol. The van der Waals surface area contributed by atoms with Crippen molar-refractivity contribution in [2.45, 2.75) is 33.2 Å². The number of carbonyl (C=O) groups is 1. The molecule has 0 bridgehead atoms. The second-order valence-electron chi connectivity index (χ2n) is 5.48. The summed E-state index contributed by atoms with van der Waals surface area (Å²) in [5.41, 5.74) is 0.212. The lowest BCUT2D eigenvalue weighted by molar-refractivity contribution is -0.125. The predicted molar refractivity (Wildman–Crippen MR) is 64.2 cm³/mol. The van der Waals surface area contributed by atoms with Crippen LogP contribution in [0.2, 0.25) is 0 Å². The second-order valence-corrected chi connectivity index (χ2v) is 5.48. The van der Waals surface area contributed by atoms with Crippen molar-refractivity contribution in [3.05, 3.63) is 0 Å². The third-order valence-electron chi connectivity index (χ3n) is 2.95. The molecular formula is C12H24N2O2. The van der Waals surface area contributed by atoms with Crippen LogP contribution >= 0.6 is 0 Å². The summed E-state index contributed by atoms with van der Waals surface area (Å²) in [6.45, 7) is 8.87. The van der Waals surface area contributed by atoms with Crippen molar-refractivity contribution in [1.29, 1.82) is 0 Å². The maximum atomic E-state index is 11.7. The van der Waals surface area contributed by atoms with Gasteiger partial charge in [0.1, 0.15) is 0 Å². The standard InChI is InChI=1S/C12H24N2O2/c1-9(2)5-10(11(15)13-4)14-6-12(3)7-16-8-12/h9-10,14H,5-8H2,1-4H3,(H,13,15). The first kappa shape index (κ1) is 13.5. The maximum absolute atomic E-state index is 11.7. The molecule has 0 aromatic rings. The number of rotatable bonds is 6. The van der Waals surface area contributed by atoms with E-state index in [0.29, 0.717) is 5.92 Å². The third-order valence-corrected chi connectivity index (χ3v) is 2.95. The first-order valence-corrected chi connectivity index (χ1v) is 5.99. The molecule has 1 unspecified atom stereocenters. The molecular weight excluding hydrogens is 204 g/mol. The Morgan fingerprint density at radius 2 is 2.06 bits per heavy atom. The SMILES string of the molecule is CNC(=O)C(CC(C)C)NCC1(C)COC1. The number of ether oxygens (including phenoxy) is 1. The highest BCUT2D eigenvalue weighted by Crippen LogP contribution is 2.25. The highest BCUT2D eigenvalue weighted by molar-refractivity contribution is 5.81. The van der Waals surface area contributed by atoms with Crippen LogP contribution < -0.4 is 10.6 Å². The van der Waals surface area contributed by atoms with Gasteiger partial charge in [-0.05, 0) is 12.3 Å². The van der Waals surface area contributed by atoms with Gasteiger partial charge in [0.05, 0.1) is 19.3 Å². The smallest absolute Gasteiger partial charge is 0.236 e. The number of hydrogen-bond acceptors (Lipinski definition) is 3. The number of amides is 1. The van der Waals surface area contributed by atoms with Crippen molar-refractivity contribution in [1.82, 2.24) is 10.6 Å². The molecule has 4 nitrogen and oxygen atoms in total. The Balaban J connectivity index is 2.40. The van der Waals surface area contributed by atoms with Crippen LogP contribution in [0.15, 0.2) is 0 Å². The molecule has 0 radical (unpaired) electrons. The van der Waals surface area contributed by atoms with E-state index < -0.39 is 0 Å². The van der Waals surface area contributed by atoms with Gasteiger partial charge in [0.25, 0.3) is 0 Å². The number of likely N-dealkylation sites (N-methyl/N-ethyl adjacent to an activating group) is 1. The fraction of sp³-hybridized carbons (Fsp3) is 0.917. The number of carbonyl (C=O) groups excluding carboxylic acids is 1. The van der Waals surface area contributed by atoms with E-state index in [1.807, 2.05) is 0 Å². The summed E-state index contributed by atoms with van der Waals surface area (Å²) < 4.78 is 5.20. The molecule has 0 aromatic carbocycles. The van der Waals surface area contributed by atoms with Crippen LogP contribution in [0.1, 0.15) is 27.2 Å². The van der Waals surface area contributed by atoms with E-state index in [0.717, 1.165) is 26.2 Å². The summed E-state index contributed by atoms with van der Waals surface area (Å²) in [4.78, 5) is 11.7. The molecule has 0 spiro atoms. The molecule has 1 aliphatic rings. The topological polar surface area (TPSA) is 50.4 Å². The number of nitrogens with one attached hydrogen (secondary N) is 2. The summed E-state index contributed by atoms with van der Waals surface area (Å²) in [5.74, 6) is 0.595. The molecule has 0 aliphatic carbocycles. The van der Waals surface area contributed by atoms with Gasteiger partial charge in [-0.3, -0.25) is 4.79 Å². The molecule has 1 fully saturated rings. The zero-order valence-corrected chi connectivity index (χ0v) is 10.8. The van der Waals surface area contributed by atoms with Crippen molar-refractivity contribution in [2.75, 3.05) is 26.8 Å². The van der Waals surface area contributed by atoms with E-state index in [4.69, 9.17) is 4.74 Å². The van der Waals surface area contributed by atoms with E-state index in [2.05, 4.69) is 31.4 Å². The predicted octanol–water partition coefficient (Wildman–Crippen LogP) is 0.773. The molecule has 4 heteroatoms. The van der Waals surface area contributed by atoms with Crippen molar-refractivity contribution >= 4 is 5.91 Å². The average Bonchev–Trinajstić information content (AvgIpc) is 2.19. The Labute approximate surface area is 98.1 Å². The minimum absolute atomic E-state index is 0.0811. The van der Waals surface area contributed by atoms with Gasteiger partial charge in [-0.15, -0.1) is 0 Å². The zero-order chi connectivity index (χ0) is 12.2. The normalized spacial score (nSPS) is 20.3. The molecule has 0 aromatic heterocycles. The highest BCUT2D eigenvalue weighted by Gasteiger charge is 2.34. The van der Waals surface area contributed by atoms with Gasteiger partial charge in [0.2, 0.25) is 5.91 Å². The van der Waals surface area contributed by atoms with Crippen molar-refractivity contribution in [3.8, 4) is 0 Å². The first-order chi connectivity index (χ1) is 7.47. The molecule has 1 heterocycles. The van der Waals surface area contributed by atoms with E-state index in [-0.39, 0.29) is 17.4 Å². The number of hydrogen-bond donors (Lipinski definition) is 2. The molecule has 1 rings (SSSR count). The Bertz CT molecular complexity index is 237. The van der Waals surface area contributed by atoms with Crippen molar-refractivity contribution in [2.24, 2.45) is 11.3 Å². The van der Waals surface area contributed by atoms with Gasteiger partial charge in [0, 0.05) is 19.0 Å². The van der Waals surface area contributed by atoms with Crippen LogP contribution in [0.25, 0.3) is 0 Å². The summed E-state index contributed by atoms with van der Waals surface area (Å²) in [5, 5.41) is 6.06. The van der Waals surface area contributed by atoms with Crippen LogP contribution in [0, 0.1) is 11.3 Å². The van der Waals surface area contributed by atoms with Crippen molar-refractivity contribution in [3.63, 3.8) is 0 Å². The lowest BCUT2D eigenvalue weighted by Gasteiger charge is -2.39. The van der Waals surface area contributed by atoms with Gasteiger partial charge in [0.15, 0.2) is 0 Å². The van der Waals surface area contributed by atoms with Gasteiger partial charge in [-0.2, -0.15) is 0 Å². The van der Waals surface area contributed by atoms with Crippen LogP contribution in [0.5, 0.6) is 0 Å². The fourth-order valence-corrected chi connectivity index (χ4v) is 1.85. The minimum Gasteiger partial charge on any atom is -0.380 e. The zero-order valence-electron chi connectivity index (χ0n) is 10.8. The van der Waals surface area contributed by atoms with Crippen LogP contribution in [0.3, 0.4) is 0 Å². The Morgan fingerprint density at radius 1 is 1.44 bits per heavy atom. The highest BCUT2D eigenvalue weighted by atomic mass is 16.5. The molecule has 1 saturated heterocycles. The quantitative estimate of drug-likeness (QED) is 0.706. The van der Waals surface area contributed by atoms with E-state index in [1.54, 1.807) is 7.05 Å². The van der Waals surface area contributed by atoms with E-state index in [9.17, 15) is 4.79 Å². The molecule has 94 valence electrons. The summed E-state index contributed by atoms with van der Waals surface area (Å²) in [6, 6.07) is -0.0811. The van der Waals surface area contributed by atoms with E-state index in [1.165, 1.54) is 0 Å². The third kappa shape index (κ3) is 3.76. The molecule has 1 amide bonds. The summed E-state index contributed by atoms with van der Waals surface area (Å²) in [6.07, 6.45) is 0.872. The van der Waals surface area contributed by atoms with Crippen molar-refractivity contribution < 1.29 is 9.53 Å². The Morgan fingerprint density at radius 3 is 2.44 bits per heavy atom. The van der Waals surface area contributed by atoms with E-state index >= 15 is 0 Å².